The van der Waals surface area contributed by atoms with E-state index in [1.165, 1.54) is 22.3 Å². The molecule has 2 N–H and O–H groups in total. The van der Waals surface area contributed by atoms with Crippen molar-refractivity contribution in [2.45, 2.75) is 13.0 Å². The largest absolute Gasteiger partial charge is 0.399 e. The van der Waals surface area contributed by atoms with Gasteiger partial charge in [0.05, 0.1) is 0 Å². The van der Waals surface area contributed by atoms with E-state index in [1.54, 1.807) is 0 Å². The summed E-state index contributed by atoms with van der Waals surface area (Å²) < 4.78 is 0. The minimum atomic E-state index is 0.843. The summed E-state index contributed by atoms with van der Waals surface area (Å²) in [4.78, 5) is 6.41. The molecular weight excluding hydrogens is 222 g/mol. The van der Waals surface area contributed by atoms with Gasteiger partial charge in [-0.3, -0.25) is 4.98 Å². The van der Waals surface area contributed by atoms with Crippen molar-refractivity contribution in [1.29, 1.82) is 0 Å². The van der Waals surface area contributed by atoms with Crippen molar-refractivity contribution in [3.63, 3.8) is 0 Å². The van der Waals surface area contributed by atoms with Gasteiger partial charge in [-0.15, -0.1) is 0 Å². The van der Waals surface area contributed by atoms with Gasteiger partial charge < -0.3 is 10.6 Å². The molecule has 1 aliphatic heterocycles. The van der Waals surface area contributed by atoms with E-state index in [1.807, 2.05) is 24.5 Å². The molecule has 1 aliphatic rings. The van der Waals surface area contributed by atoms with Gasteiger partial charge in [0, 0.05) is 31.2 Å². The lowest BCUT2D eigenvalue weighted by atomic mass is 9.90. The van der Waals surface area contributed by atoms with Gasteiger partial charge in [0.15, 0.2) is 0 Å². The highest BCUT2D eigenvalue weighted by Gasteiger charge is 2.17. The lowest BCUT2D eigenvalue weighted by Crippen LogP contribution is -2.27. The molecule has 0 saturated carbocycles. The van der Waals surface area contributed by atoms with E-state index in [4.69, 9.17) is 5.73 Å². The highest BCUT2D eigenvalue weighted by atomic mass is 15.1. The molecular formula is C15H17N3. The van der Waals surface area contributed by atoms with Crippen LogP contribution in [0, 0.1) is 0 Å². The molecule has 0 aliphatic carbocycles. The monoisotopic (exact) mass is 239 g/mol. The van der Waals surface area contributed by atoms with Crippen molar-refractivity contribution in [3.8, 4) is 11.1 Å². The van der Waals surface area contributed by atoms with Crippen molar-refractivity contribution in [1.82, 2.24) is 9.88 Å². The SMILES string of the molecule is CN1CCc2c(cc(N)cc2-c2ccncc2)C1. The molecule has 0 saturated heterocycles. The van der Waals surface area contributed by atoms with Gasteiger partial charge in [0.1, 0.15) is 0 Å². The average Bonchev–Trinajstić information content (AvgIpc) is 2.38. The Morgan fingerprint density at radius 3 is 2.78 bits per heavy atom. The van der Waals surface area contributed by atoms with E-state index in [-0.39, 0.29) is 0 Å². The van der Waals surface area contributed by atoms with Crippen LogP contribution in [0.15, 0.2) is 36.7 Å². The second-order valence-electron chi connectivity index (χ2n) is 4.93. The summed E-state index contributed by atoms with van der Waals surface area (Å²) in [5, 5.41) is 0. The maximum absolute atomic E-state index is 6.03. The van der Waals surface area contributed by atoms with Crippen molar-refractivity contribution in [2.75, 3.05) is 19.3 Å². The van der Waals surface area contributed by atoms with Gasteiger partial charge in [0.25, 0.3) is 0 Å². The fourth-order valence-electron chi connectivity index (χ4n) is 2.65. The van der Waals surface area contributed by atoms with Crippen molar-refractivity contribution in [3.05, 3.63) is 47.8 Å². The number of benzene rings is 1. The van der Waals surface area contributed by atoms with Crippen LogP contribution in [0.5, 0.6) is 0 Å². The molecule has 18 heavy (non-hydrogen) atoms. The summed E-state index contributed by atoms with van der Waals surface area (Å²) in [7, 11) is 2.15. The topological polar surface area (TPSA) is 42.1 Å². The molecule has 0 amide bonds. The predicted octanol–water partition coefficient (Wildman–Crippen LogP) is 2.32. The summed E-state index contributed by atoms with van der Waals surface area (Å²) in [5.41, 5.74) is 12.1. The van der Waals surface area contributed by atoms with E-state index in [9.17, 15) is 0 Å². The number of pyridine rings is 1. The van der Waals surface area contributed by atoms with Crippen LogP contribution in [-0.4, -0.2) is 23.5 Å². The van der Waals surface area contributed by atoms with Gasteiger partial charge in [-0.2, -0.15) is 0 Å². The quantitative estimate of drug-likeness (QED) is 0.777. The van der Waals surface area contributed by atoms with Crippen LogP contribution in [0.1, 0.15) is 11.1 Å². The van der Waals surface area contributed by atoms with Crippen molar-refractivity contribution >= 4 is 5.69 Å². The molecule has 3 heteroatoms. The van der Waals surface area contributed by atoms with Gasteiger partial charge in [0.2, 0.25) is 0 Å². The second-order valence-corrected chi connectivity index (χ2v) is 4.93. The number of aromatic nitrogens is 1. The first kappa shape index (κ1) is 11.2. The molecule has 1 aromatic carbocycles. The number of hydrogen-bond donors (Lipinski definition) is 1. The zero-order valence-electron chi connectivity index (χ0n) is 10.6. The van der Waals surface area contributed by atoms with Crippen LogP contribution in [0.3, 0.4) is 0 Å². The minimum Gasteiger partial charge on any atom is -0.399 e. The molecule has 3 nitrogen and oxygen atoms in total. The fourth-order valence-corrected chi connectivity index (χ4v) is 2.65. The lowest BCUT2D eigenvalue weighted by molar-refractivity contribution is 0.313. The highest BCUT2D eigenvalue weighted by molar-refractivity contribution is 5.72. The number of hydrogen-bond acceptors (Lipinski definition) is 3. The Hall–Kier alpha value is -1.87. The molecule has 1 aromatic heterocycles. The number of anilines is 1. The first-order valence-electron chi connectivity index (χ1n) is 6.24. The molecule has 0 unspecified atom stereocenters. The fraction of sp³-hybridized carbons (Fsp3) is 0.267. The molecule has 2 aromatic rings. The van der Waals surface area contributed by atoms with Crippen molar-refractivity contribution < 1.29 is 0 Å². The summed E-state index contributed by atoms with van der Waals surface area (Å²) >= 11 is 0. The summed E-state index contributed by atoms with van der Waals surface area (Å²) in [5.74, 6) is 0. The summed E-state index contributed by atoms with van der Waals surface area (Å²) in [6.07, 6.45) is 4.75. The zero-order valence-corrected chi connectivity index (χ0v) is 10.6. The predicted molar refractivity (Wildman–Crippen MR) is 74.1 cm³/mol. The normalized spacial score (nSPS) is 15.4. The van der Waals surface area contributed by atoms with Crippen LogP contribution in [0.25, 0.3) is 11.1 Å². The first-order valence-corrected chi connectivity index (χ1v) is 6.24. The molecule has 0 spiro atoms. The smallest absolute Gasteiger partial charge is 0.0323 e. The lowest BCUT2D eigenvalue weighted by Gasteiger charge is -2.27. The molecule has 0 fully saturated rings. The first-order chi connectivity index (χ1) is 8.74. The van der Waals surface area contributed by atoms with Crippen LogP contribution in [-0.2, 0) is 13.0 Å². The Balaban J connectivity index is 2.15. The third-order valence-electron chi connectivity index (χ3n) is 3.54. The summed E-state index contributed by atoms with van der Waals surface area (Å²) in [6, 6.07) is 8.29. The molecule has 0 radical (unpaired) electrons. The van der Waals surface area contributed by atoms with Gasteiger partial charge in [-0.05, 0) is 60.0 Å². The number of nitrogen functional groups attached to an aromatic ring is 1. The van der Waals surface area contributed by atoms with Gasteiger partial charge in [-0.1, -0.05) is 0 Å². The molecule has 92 valence electrons. The van der Waals surface area contributed by atoms with E-state index in [0.29, 0.717) is 0 Å². The van der Waals surface area contributed by atoms with E-state index >= 15 is 0 Å². The zero-order chi connectivity index (χ0) is 12.5. The standard InChI is InChI=1S/C15H17N3/c1-18-7-4-14-12(10-18)8-13(16)9-15(14)11-2-5-17-6-3-11/h2-3,5-6,8-9H,4,7,10,16H2,1H3. The van der Waals surface area contributed by atoms with E-state index < -0.39 is 0 Å². The maximum Gasteiger partial charge on any atom is 0.0323 e. The Morgan fingerprint density at radius 1 is 1.22 bits per heavy atom. The minimum absolute atomic E-state index is 0.843. The molecule has 0 atom stereocenters. The Labute approximate surface area is 107 Å². The number of nitrogens with zero attached hydrogens (tertiary/aromatic N) is 2. The molecule has 2 heterocycles. The number of rotatable bonds is 1. The number of likely N-dealkylation sites (N-methyl/N-ethyl adjacent to an activating group) is 1. The third kappa shape index (κ3) is 1.97. The average molecular weight is 239 g/mol. The highest BCUT2D eigenvalue weighted by Crippen LogP contribution is 2.32. The van der Waals surface area contributed by atoms with Gasteiger partial charge in [-0.25, -0.2) is 0 Å². The molecule has 3 rings (SSSR count). The number of nitrogens with two attached hydrogens (primary N) is 1. The van der Waals surface area contributed by atoms with Crippen LogP contribution in [0.2, 0.25) is 0 Å². The second kappa shape index (κ2) is 4.42. The van der Waals surface area contributed by atoms with E-state index in [2.05, 4.69) is 29.1 Å². The summed E-state index contributed by atoms with van der Waals surface area (Å²) in [6.45, 7) is 2.09. The number of fused-ring (bicyclic) bond motifs is 1. The maximum atomic E-state index is 6.03. The van der Waals surface area contributed by atoms with Crippen LogP contribution < -0.4 is 5.73 Å². The van der Waals surface area contributed by atoms with Gasteiger partial charge >= 0.3 is 0 Å². The Kier molecular flexibility index (Phi) is 2.76. The molecule has 0 bridgehead atoms. The Bertz CT molecular complexity index is 563. The Morgan fingerprint density at radius 2 is 2.00 bits per heavy atom. The van der Waals surface area contributed by atoms with Crippen molar-refractivity contribution in [2.24, 2.45) is 0 Å². The van der Waals surface area contributed by atoms with E-state index in [0.717, 1.165) is 25.2 Å². The third-order valence-corrected chi connectivity index (χ3v) is 3.54. The van der Waals surface area contributed by atoms with Crippen LogP contribution >= 0.6 is 0 Å². The van der Waals surface area contributed by atoms with Crippen LogP contribution in [0.4, 0.5) is 5.69 Å².